The zero-order chi connectivity index (χ0) is 22.3. The fourth-order valence-electron chi connectivity index (χ4n) is 3.91. The molecule has 4 rings (SSSR count). The van der Waals surface area contributed by atoms with Crippen LogP contribution in [0.3, 0.4) is 0 Å². The summed E-state index contributed by atoms with van der Waals surface area (Å²) in [4.78, 5) is 8.55. The van der Waals surface area contributed by atoms with Crippen LogP contribution in [0.15, 0.2) is 67.3 Å². The minimum absolute atomic E-state index is 0.0276. The lowest BCUT2D eigenvalue weighted by atomic mass is 10.1. The molecule has 1 unspecified atom stereocenters. The third-order valence-electron chi connectivity index (χ3n) is 5.74. The Bertz CT molecular complexity index is 986. The van der Waals surface area contributed by atoms with Crippen LogP contribution in [-0.4, -0.2) is 51.8 Å². The average Bonchev–Trinajstić information content (AvgIpc) is 3.32. The second kappa shape index (κ2) is 10.7. The number of anilines is 1. The van der Waals surface area contributed by atoms with Crippen LogP contribution in [0.4, 0.5) is 5.69 Å². The van der Waals surface area contributed by atoms with Gasteiger partial charge < -0.3 is 24.8 Å². The number of hydrogen-bond donors (Lipinski definition) is 1. The van der Waals surface area contributed by atoms with Gasteiger partial charge in [-0.1, -0.05) is 23.7 Å². The third-order valence-corrected chi connectivity index (χ3v) is 6.25. The van der Waals surface area contributed by atoms with Crippen LogP contribution in [0.2, 0.25) is 5.02 Å². The number of nitrogens with two attached hydrogens (primary N) is 1. The predicted octanol–water partition coefficient (Wildman–Crippen LogP) is 3.98. The predicted molar refractivity (Wildman–Crippen MR) is 133 cm³/mol. The summed E-state index contributed by atoms with van der Waals surface area (Å²) in [6, 6.07) is 16.4. The lowest BCUT2D eigenvalue weighted by Gasteiger charge is -2.36. The Morgan fingerprint density at radius 3 is 2.41 bits per heavy atom. The van der Waals surface area contributed by atoms with Crippen molar-refractivity contribution in [2.24, 2.45) is 5.73 Å². The van der Waals surface area contributed by atoms with E-state index in [2.05, 4.69) is 50.8 Å². The summed E-state index contributed by atoms with van der Waals surface area (Å²) in [7, 11) is 0. The van der Waals surface area contributed by atoms with Crippen LogP contribution in [0.25, 0.3) is 0 Å². The number of benzene rings is 2. The minimum Gasteiger partial charge on any atom is -0.489 e. The second-order valence-electron chi connectivity index (χ2n) is 7.97. The molecule has 1 saturated heterocycles. The number of rotatable bonds is 8. The quantitative estimate of drug-likeness (QED) is 0.503. The maximum atomic E-state index is 6.39. The number of aryl methyl sites for hydroxylation is 1. The number of aromatic nitrogens is 2. The average molecular weight is 470 g/mol. The van der Waals surface area contributed by atoms with Crippen molar-refractivity contribution in [3.8, 4) is 5.75 Å². The lowest BCUT2D eigenvalue weighted by Crippen LogP contribution is -2.50. The first-order valence-corrected chi connectivity index (χ1v) is 11.6. The highest BCUT2D eigenvalue weighted by Crippen LogP contribution is 2.23. The highest BCUT2D eigenvalue weighted by Gasteiger charge is 2.18. The molecule has 0 amide bonds. The Kier molecular flexibility index (Phi) is 7.50. The summed E-state index contributed by atoms with van der Waals surface area (Å²) < 4.78 is 8.45. The molecule has 8 heteroatoms. The first-order chi connectivity index (χ1) is 15.6. The Morgan fingerprint density at radius 1 is 1.06 bits per heavy atom. The molecule has 32 heavy (non-hydrogen) atoms. The van der Waals surface area contributed by atoms with Gasteiger partial charge in [0.2, 0.25) is 0 Å². The number of imidazole rings is 1. The summed E-state index contributed by atoms with van der Waals surface area (Å²) >= 11 is 11.1. The van der Waals surface area contributed by atoms with E-state index in [9.17, 15) is 0 Å². The fourth-order valence-corrected chi connectivity index (χ4v) is 4.22. The summed E-state index contributed by atoms with van der Waals surface area (Å²) in [6.07, 6.45) is 7.43. The number of hydrogen-bond acceptors (Lipinski definition) is 4. The number of nitrogens with zero attached hydrogens (tertiary/aromatic N) is 4. The second-order valence-corrected chi connectivity index (χ2v) is 8.83. The molecule has 3 aromatic rings. The maximum Gasteiger partial charge on any atom is 0.166 e. The van der Waals surface area contributed by atoms with Gasteiger partial charge in [-0.2, -0.15) is 0 Å². The van der Waals surface area contributed by atoms with Crippen molar-refractivity contribution in [2.75, 3.05) is 31.1 Å². The molecule has 2 N–H and O–H groups in total. The van der Waals surface area contributed by atoms with E-state index in [0.717, 1.165) is 56.3 Å². The smallest absolute Gasteiger partial charge is 0.166 e. The standard InChI is InChI=1S/C24H28ClN5OS/c25-20-4-1-19(2-5-20)3-8-23(17-28-12-11-27-18-28)31-22-9-6-21(7-10-22)29-13-15-30(16-14-29)24(26)32/h1-2,4-7,9-12,18,23H,3,8,13-17H2,(H2,26,32). The van der Waals surface area contributed by atoms with E-state index in [1.807, 2.05) is 29.6 Å². The molecule has 1 aliphatic heterocycles. The van der Waals surface area contributed by atoms with E-state index in [1.54, 1.807) is 6.20 Å². The Labute approximate surface area is 199 Å². The van der Waals surface area contributed by atoms with Crippen molar-refractivity contribution in [3.63, 3.8) is 0 Å². The Morgan fingerprint density at radius 2 is 1.78 bits per heavy atom. The molecule has 0 saturated carbocycles. The van der Waals surface area contributed by atoms with Gasteiger partial charge in [-0.3, -0.25) is 0 Å². The van der Waals surface area contributed by atoms with Gasteiger partial charge >= 0.3 is 0 Å². The highest BCUT2D eigenvalue weighted by molar-refractivity contribution is 7.80. The van der Waals surface area contributed by atoms with E-state index in [4.69, 9.17) is 34.3 Å². The molecule has 0 spiro atoms. The van der Waals surface area contributed by atoms with E-state index in [0.29, 0.717) is 5.11 Å². The van der Waals surface area contributed by atoms with Crippen LogP contribution in [0.1, 0.15) is 12.0 Å². The monoisotopic (exact) mass is 469 g/mol. The van der Waals surface area contributed by atoms with Crippen LogP contribution < -0.4 is 15.4 Å². The SMILES string of the molecule is NC(=S)N1CCN(c2ccc(OC(CCc3ccc(Cl)cc3)Cn3ccnc3)cc2)CC1. The molecule has 2 aromatic carbocycles. The van der Waals surface area contributed by atoms with Gasteiger partial charge in [0.05, 0.1) is 12.9 Å². The lowest BCUT2D eigenvalue weighted by molar-refractivity contribution is 0.170. The van der Waals surface area contributed by atoms with E-state index >= 15 is 0 Å². The van der Waals surface area contributed by atoms with Crippen LogP contribution in [0, 0.1) is 0 Å². The van der Waals surface area contributed by atoms with Crippen molar-refractivity contribution in [1.82, 2.24) is 14.5 Å². The molecule has 1 aromatic heterocycles. The van der Waals surface area contributed by atoms with Gasteiger partial charge in [0.15, 0.2) is 5.11 Å². The number of halogens is 1. The van der Waals surface area contributed by atoms with Crippen molar-refractivity contribution in [2.45, 2.75) is 25.5 Å². The summed E-state index contributed by atoms with van der Waals surface area (Å²) in [5.74, 6) is 0.872. The molecule has 0 radical (unpaired) electrons. The van der Waals surface area contributed by atoms with E-state index < -0.39 is 0 Å². The van der Waals surface area contributed by atoms with Gasteiger partial charge in [0, 0.05) is 49.3 Å². The van der Waals surface area contributed by atoms with Crippen LogP contribution in [-0.2, 0) is 13.0 Å². The van der Waals surface area contributed by atoms with Gasteiger partial charge in [-0.05, 0) is 67.0 Å². The summed E-state index contributed by atoms with van der Waals surface area (Å²) in [5.41, 5.74) is 8.18. The van der Waals surface area contributed by atoms with Crippen molar-refractivity contribution in [3.05, 3.63) is 77.8 Å². The van der Waals surface area contributed by atoms with Gasteiger partial charge in [-0.25, -0.2) is 4.98 Å². The van der Waals surface area contributed by atoms with Crippen molar-refractivity contribution in [1.29, 1.82) is 0 Å². The van der Waals surface area contributed by atoms with Gasteiger partial charge in [0.1, 0.15) is 11.9 Å². The summed E-state index contributed by atoms with van der Waals surface area (Å²) in [5, 5.41) is 1.24. The molecule has 1 aliphatic rings. The molecule has 0 aliphatic carbocycles. The van der Waals surface area contributed by atoms with Crippen LogP contribution >= 0.6 is 23.8 Å². The number of ether oxygens (including phenoxy) is 1. The molecule has 1 atom stereocenters. The molecule has 1 fully saturated rings. The van der Waals surface area contributed by atoms with Crippen LogP contribution in [0.5, 0.6) is 5.75 Å². The Balaban J connectivity index is 1.37. The maximum absolute atomic E-state index is 6.39. The first-order valence-electron chi connectivity index (χ1n) is 10.8. The van der Waals surface area contributed by atoms with Gasteiger partial charge in [0.25, 0.3) is 0 Å². The molecule has 168 valence electrons. The first kappa shape index (κ1) is 22.4. The minimum atomic E-state index is 0.0276. The molecular weight excluding hydrogens is 442 g/mol. The zero-order valence-corrected chi connectivity index (χ0v) is 19.5. The molecule has 6 nitrogen and oxygen atoms in total. The highest BCUT2D eigenvalue weighted by atomic mass is 35.5. The molecule has 2 heterocycles. The summed E-state index contributed by atoms with van der Waals surface area (Å²) in [6.45, 7) is 4.26. The van der Waals surface area contributed by atoms with Gasteiger partial charge in [-0.15, -0.1) is 0 Å². The number of piperazine rings is 1. The largest absolute Gasteiger partial charge is 0.489 e. The molecular formula is C24H28ClN5OS. The Hall–Kier alpha value is -2.77. The molecule has 0 bridgehead atoms. The zero-order valence-electron chi connectivity index (χ0n) is 17.9. The van der Waals surface area contributed by atoms with E-state index in [1.165, 1.54) is 11.3 Å². The topological polar surface area (TPSA) is 59.6 Å². The van der Waals surface area contributed by atoms with E-state index in [-0.39, 0.29) is 6.10 Å². The normalized spacial score (nSPS) is 14.9. The third kappa shape index (κ3) is 6.14. The van der Waals surface area contributed by atoms with Crippen molar-refractivity contribution < 1.29 is 4.74 Å². The fraction of sp³-hybridized carbons (Fsp3) is 0.333. The van der Waals surface area contributed by atoms with Crippen molar-refractivity contribution >= 4 is 34.6 Å². The number of thiocarbonyl (C=S) groups is 1.